The zero-order valence-electron chi connectivity index (χ0n) is 14.0. The van der Waals surface area contributed by atoms with E-state index >= 15 is 0 Å². The summed E-state index contributed by atoms with van der Waals surface area (Å²) in [6.45, 7) is 2.82. The minimum absolute atomic E-state index is 0.171. The van der Waals surface area contributed by atoms with Gasteiger partial charge in [-0.25, -0.2) is 0 Å². The van der Waals surface area contributed by atoms with E-state index in [-0.39, 0.29) is 25.0 Å². The van der Waals surface area contributed by atoms with Crippen LogP contribution in [0.25, 0.3) is 0 Å². The van der Waals surface area contributed by atoms with Gasteiger partial charge in [0.15, 0.2) is 6.61 Å². The summed E-state index contributed by atoms with van der Waals surface area (Å²) in [5.41, 5.74) is 1.46. The summed E-state index contributed by atoms with van der Waals surface area (Å²) in [7, 11) is 0. The highest BCUT2D eigenvalue weighted by Gasteiger charge is 2.17. The van der Waals surface area contributed by atoms with Crippen LogP contribution in [-0.4, -0.2) is 48.9 Å². The smallest absolute Gasteiger partial charge is 0.325 e. The van der Waals surface area contributed by atoms with Crippen molar-refractivity contribution in [3.8, 4) is 0 Å². The molecular formula is C18H24N2O4. The van der Waals surface area contributed by atoms with Crippen LogP contribution in [0.3, 0.4) is 0 Å². The molecule has 0 atom stereocenters. The van der Waals surface area contributed by atoms with Gasteiger partial charge < -0.3 is 15.0 Å². The van der Waals surface area contributed by atoms with Crippen molar-refractivity contribution in [3.63, 3.8) is 0 Å². The van der Waals surface area contributed by atoms with E-state index in [0.29, 0.717) is 5.56 Å². The molecule has 2 amide bonds. The number of carbonyl (C=O) groups is 3. The number of benzene rings is 1. The highest BCUT2D eigenvalue weighted by atomic mass is 16.5. The fraction of sp³-hybridized carbons (Fsp3) is 0.500. The molecule has 0 bridgehead atoms. The summed E-state index contributed by atoms with van der Waals surface area (Å²) >= 11 is 0. The topological polar surface area (TPSA) is 75.7 Å². The summed E-state index contributed by atoms with van der Waals surface area (Å²) in [6, 6.07) is 7.09. The Morgan fingerprint density at radius 3 is 2.50 bits per heavy atom. The minimum Gasteiger partial charge on any atom is -0.454 e. The molecule has 0 radical (unpaired) electrons. The first-order chi connectivity index (χ1) is 11.6. The third-order valence-corrected chi connectivity index (χ3v) is 3.99. The van der Waals surface area contributed by atoms with Crippen LogP contribution in [0.1, 0.15) is 41.6 Å². The Kier molecular flexibility index (Phi) is 6.78. The van der Waals surface area contributed by atoms with Crippen molar-refractivity contribution >= 4 is 17.8 Å². The Bertz CT molecular complexity index is 592. The van der Waals surface area contributed by atoms with Gasteiger partial charge in [-0.1, -0.05) is 30.5 Å². The fourth-order valence-corrected chi connectivity index (χ4v) is 2.65. The summed E-state index contributed by atoms with van der Waals surface area (Å²) in [5.74, 6) is -1.12. The molecule has 1 saturated heterocycles. The van der Waals surface area contributed by atoms with Crippen molar-refractivity contribution in [2.24, 2.45) is 0 Å². The minimum atomic E-state index is -0.612. The SMILES string of the molecule is Cc1cccc(C(=O)NCC(=O)OCC(=O)N2CCCCCC2)c1. The van der Waals surface area contributed by atoms with Crippen molar-refractivity contribution in [1.29, 1.82) is 0 Å². The molecule has 1 aliphatic heterocycles. The molecule has 1 heterocycles. The zero-order chi connectivity index (χ0) is 17.4. The van der Waals surface area contributed by atoms with Crippen LogP contribution in [0, 0.1) is 6.92 Å². The second kappa shape index (κ2) is 9.05. The third kappa shape index (κ3) is 5.68. The standard InChI is InChI=1S/C18H24N2O4/c1-14-7-6-8-15(11-14)18(23)19-12-17(22)24-13-16(21)20-9-4-2-3-5-10-20/h6-8,11H,2-5,9-10,12-13H2,1H3,(H,19,23). The van der Waals surface area contributed by atoms with Crippen LogP contribution in [0.4, 0.5) is 0 Å². The van der Waals surface area contributed by atoms with E-state index in [1.165, 1.54) is 0 Å². The number of aryl methyl sites for hydroxylation is 1. The van der Waals surface area contributed by atoms with Gasteiger partial charge in [0.1, 0.15) is 6.54 Å². The predicted octanol–water partition coefficient (Wildman–Crippen LogP) is 1.67. The maximum atomic E-state index is 12.0. The molecular weight excluding hydrogens is 308 g/mol. The number of ether oxygens (including phenoxy) is 1. The molecule has 130 valence electrons. The molecule has 1 aliphatic rings. The number of carbonyl (C=O) groups excluding carboxylic acids is 3. The first kappa shape index (κ1) is 18.0. The monoisotopic (exact) mass is 332 g/mol. The third-order valence-electron chi connectivity index (χ3n) is 3.99. The molecule has 24 heavy (non-hydrogen) atoms. The van der Waals surface area contributed by atoms with Crippen LogP contribution < -0.4 is 5.32 Å². The zero-order valence-corrected chi connectivity index (χ0v) is 14.0. The highest BCUT2D eigenvalue weighted by Crippen LogP contribution is 2.09. The van der Waals surface area contributed by atoms with Gasteiger partial charge in [0.2, 0.25) is 0 Å². The first-order valence-electron chi connectivity index (χ1n) is 8.34. The van der Waals surface area contributed by atoms with Gasteiger partial charge in [0.05, 0.1) is 0 Å². The largest absolute Gasteiger partial charge is 0.454 e. The Hall–Kier alpha value is -2.37. The average molecular weight is 332 g/mol. The second-order valence-electron chi connectivity index (χ2n) is 6.01. The molecule has 1 aromatic rings. The molecule has 1 N–H and O–H groups in total. The van der Waals surface area contributed by atoms with Crippen LogP contribution in [-0.2, 0) is 14.3 Å². The Balaban J connectivity index is 1.71. The number of amides is 2. The number of nitrogens with zero attached hydrogens (tertiary/aromatic N) is 1. The lowest BCUT2D eigenvalue weighted by molar-refractivity contribution is -0.151. The number of nitrogens with one attached hydrogen (secondary N) is 1. The van der Waals surface area contributed by atoms with Gasteiger partial charge in [-0.05, 0) is 31.9 Å². The summed E-state index contributed by atoms with van der Waals surface area (Å²) in [6.07, 6.45) is 4.25. The Morgan fingerprint density at radius 1 is 1.12 bits per heavy atom. The van der Waals surface area contributed by atoms with Crippen LogP contribution in [0.2, 0.25) is 0 Å². The highest BCUT2D eigenvalue weighted by molar-refractivity contribution is 5.96. The summed E-state index contributed by atoms with van der Waals surface area (Å²) in [5, 5.41) is 2.50. The molecule has 0 unspecified atom stereocenters. The van der Waals surface area contributed by atoms with Crippen molar-refractivity contribution in [2.45, 2.75) is 32.6 Å². The van der Waals surface area contributed by atoms with Gasteiger partial charge >= 0.3 is 5.97 Å². The van der Waals surface area contributed by atoms with E-state index in [4.69, 9.17) is 4.74 Å². The lowest BCUT2D eigenvalue weighted by atomic mass is 10.1. The van der Waals surface area contributed by atoms with Crippen LogP contribution >= 0.6 is 0 Å². The van der Waals surface area contributed by atoms with Gasteiger partial charge in [-0.3, -0.25) is 14.4 Å². The van der Waals surface area contributed by atoms with E-state index < -0.39 is 5.97 Å². The predicted molar refractivity (Wildman–Crippen MR) is 89.5 cm³/mol. The van der Waals surface area contributed by atoms with Gasteiger partial charge in [0, 0.05) is 18.7 Å². The maximum absolute atomic E-state index is 12.0. The molecule has 0 spiro atoms. The number of hydrogen-bond acceptors (Lipinski definition) is 4. The van der Waals surface area contributed by atoms with E-state index in [9.17, 15) is 14.4 Å². The lowest BCUT2D eigenvalue weighted by Crippen LogP contribution is -2.37. The quantitative estimate of drug-likeness (QED) is 0.832. The number of esters is 1. The van der Waals surface area contributed by atoms with Crippen molar-refractivity contribution < 1.29 is 19.1 Å². The molecule has 1 aromatic carbocycles. The summed E-state index contributed by atoms with van der Waals surface area (Å²) < 4.78 is 4.96. The van der Waals surface area contributed by atoms with E-state index in [2.05, 4.69) is 5.32 Å². The number of hydrogen-bond donors (Lipinski definition) is 1. The van der Waals surface area contributed by atoms with Crippen LogP contribution in [0.5, 0.6) is 0 Å². The Labute approximate surface area is 142 Å². The molecule has 6 heteroatoms. The molecule has 0 saturated carbocycles. The molecule has 6 nitrogen and oxygen atoms in total. The fourth-order valence-electron chi connectivity index (χ4n) is 2.65. The normalized spacial score (nSPS) is 14.6. The molecule has 2 rings (SSSR count). The molecule has 0 aliphatic carbocycles. The van der Waals surface area contributed by atoms with Gasteiger partial charge in [-0.2, -0.15) is 0 Å². The van der Waals surface area contributed by atoms with Crippen LogP contribution in [0.15, 0.2) is 24.3 Å². The maximum Gasteiger partial charge on any atom is 0.325 e. The first-order valence-corrected chi connectivity index (χ1v) is 8.34. The number of likely N-dealkylation sites (tertiary alicyclic amines) is 1. The summed E-state index contributed by atoms with van der Waals surface area (Å²) in [4.78, 5) is 37.4. The molecule has 1 fully saturated rings. The van der Waals surface area contributed by atoms with Gasteiger partial charge in [0.25, 0.3) is 11.8 Å². The van der Waals surface area contributed by atoms with Crippen molar-refractivity contribution in [3.05, 3.63) is 35.4 Å². The second-order valence-corrected chi connectivity index (χ2v) is 6.01. The van der Waals surface area contributed by atoms with E-state index in [1.807, 2.05) is 13.0 Å². The average Bonchev–Trinajstić information content (AvgIpc) is 2.87. The van der Waals surface area contributed by atoms with E-state index in [1.54, 1.807) is 23.1 Å². The lowest BCUT2D eigenvalue weighted by Gasteiger charge is -2.19. The van der Waals surface area contributed by atoms with E-state index in [0.717, 1.165) is 44.3 Å². The molecule has 0 aromatic heterocycles. The Morgan fingerprint density at radius 2 is 1.83 bits per heavy atom. The van der Waals surface area contributed by atoms with Gasteiger partial charge in [-0.15, -0.1) is 0 Å². The van der Waals surface area contributed by atoms with Crippen molar-refractivity contribution in [1.82, 2.24) is 10.2 Å². The van der Waals surface area contributed by atoms with Crippen molar-refractivity contribution in [2.75, 3.05) is 26.2 Å². The number of rotatable bonds is 5.